The van der Waals surface area contributed by atoms with Crippen LogP contribution in [0.1, 0.15) is 12.0 Å². The third-order valence-corrected chi connectivity index (χ3v) is 1.46. The Morgan fingerprint density at radius 1 is 1.39 bits per heavy atom. The van der Waals surface area contributed by atoms with Crippen molar-refractivity contribution in [1.82, 2.24) is 0 Å². The highest BCUT2D eigenvalue weighted by atomic mass is 32.2. The van der Waals surface area contributed by atoms with Crippen LogP contribution in [0.5, 0.6) is 5.75 Å². The number of halogens is 2. The van der Waals surface area contributed by atoms with Gasteiger partial charge in [0.25, 0.3) is 16.5 Å². The summed E-state index contributed by atoms with van der Waals surface area (Å²) in [6.45, 7) is 0. The molecule has 102 valence electrons. The number of nitrogens with zero attached hydrogens (tertiary/aromatic N) is 1. The highest BCUT2D eigenvalue weighted by Crippen LogP contribution is 2.35. The summed E-state index contributed by atoms with van der Waals surface area (Å²) in [7, 11) is -3.67. The summed E-state index contributed by atoms with van der Waals surface area (Å²) in [5.74, 6) is -0.747. The van der Waals surface area contributed by atoms with Gasteiger partial charge < -0.3 is 5.11 Å². The standard InChI is InChI=1S/C7H5F2NO3.CH4O3S/c8-7(9)4-2-1-3-5(11)6(4)10(12)13;1-5(2,3)4/h1-3,7,11H;1H3,(H,2,3,4). The Morgan fingerprint density at radius 2 is 1.83 bits per heavy atom. The molecule has 0 saturated heterocycles. The number of para-hydroxylation sites is 1. The molecule has 0 heterocycles. The van der Waals surface area contributed by atoms with E-state index in [0.717, 1.165) is 18.2 Å². The molecular weight excluding hydrogens is 276 g/mol. The number of nitro groups is 1. The van der Waals surface area contributed by atoms with Gasteiger partial charge in [-0.1, -0.05) is 6.07 Å². The second-order valence-electron chi connectivity index (χ2n) is 3.01. The number of hydrogen-bond acceptors (Lipinski definition) is 5. The van der Waals surface area contributed by atoms with Gasteiger partial charge in [-0.05, 0) is 12.1 Å². The van der Waals surface area contributed by atoms with E-state index < -0.39 is 38.5 Å². The molecule has 0 amide bonds. The van der Waals surface area contributed by atoms with Crippen molar-refractivity contribution in [2.45, 2.75) is 6.43 Å². The van der Waals surface area contributed by atoms with Crippen molar-refractivity contribution in [2.75, 3.05) is 6.26 Å². The number of aromatic hydroxyl groups is 1. The van der Waals surface area contributed by atoms with E-state index >= 15 is 0 Å². The van der Waals surface area contributed by atoms with Gasteiger partial charge in [0, 0.05) is 0 Å². The molecule has 0 saturated carbocycles. The SMILES string of the molecule is CS(=O)(=O)O.O=[N+]([O-])c1c(O)cccc1C(F)F. The van der Waals surface area contributed by atoms with E-state index in [1.165, 1.54) is 0 Å². The van der Waals surface area contributed by atoms with E-state index in [4.69, 9.17) is 9.66 Å². The van der Waals surface area contributed by atoms with Gasteiger partial charge in [-0.25, -0.2) is 8.78 Å². The summed E-state index contributed by atoms with van der Waals surface area (Å²) >= 11 is 0. The number of alkyl halides is 2. The molecule has 0 aliphatic rings. The smallest absolute Gasteiger partial charge is 0.319 e. The first-order valence-electron chi connectivity index (χ1n) is 4.21. The van der Waals surface area contributed by atoms with Gasteiger partial charge in [0.1, 0.15) is 0 Å². The largest absolute Gasteiger partial charge is 0.502 e. The number of phenolic OH excluding ortho intramolecular Hbond substituents is 1. The third kappa shape index (κ3) is 6.06. The van der Waals surface area contributed by atoms with Crippen LogP contribution in [-0.2, 0) is 10.1 Å². The fraction of sp³-hybridized carbons (Fsp3) is 0.250. The van der Waals surface area contributed by atoms with Crippen LogP contribution in [0.3, 0.4) is 0 Å². The number of rotatable bonds is 2. The first-order valence-corrected chi connectivity index (χ1v) is 6.05. The van der Waals surface area contributed by atoms with Gasteiger partial charge in [-0.2, -0.15) is 8.42 Å². The summed E-state index contributed by atoms with van der Waals surface area (Å²) < 4.78 is 50.2. The number of benzene rings is 1. The Balaban J connectivity index is 0.000000494. The quantitative estimate of drug-likeness (QED) is 0.485. The molecule has 10 heteroatoms. The van der Waals surface area contributed by atoms with Crippen LogP contribution in [0.25, 0.3) is 0 Å². The Labute approximate surface area is 101 Å². The number of nitro benzene ring substituents is 1. The molecule has 0 spiro atoms. The topological polar surface area (TPSA) is 118 Å². The molecule has 1 rings (SSSR count). The maximum absolute atomic E-state index is 12.2. The molecule has 7 nitrogen and oxygen atoms in total. The maximum atomic E-state index is 12.2. The molecule has 2 N–H and O–H groups in total. The highest BCUT2D eigenvalue weighted by molar-refractivity contribution is 7.85. The lowest BCUT2D eigenvalue weighted by Gasteiger charge is -2.01. The number of phenols is 1. The van der Waals surface area contributed by atoms with E-state index in [1.54, 1.807) is 0 Å². The van der Waals surface area contributed by atoms with Crippen molar-refractivity contribution in [3.05, 3.63) is 33.9 Å². The Hall–Kier alpha value is -1.81. The molecule has 0 aromatic heterocycles. The van der Waals surface area contributed by atoms with Crippen molar-refractivity contribution < 1.29 is 31.8 Å². The molecule has 0 atom stereocenters. The van der Waals surface area contributed by atoms with E-state index in [9.17, 15) is 27.3 Å². The first-order chi connectivity index (χ1) is 8.04. The van der Waals surface area contributed by atoms with Crippen LogP contribution in [-0.4, -0.2) is 29.3 Å². The molecule has 0 aliphatic heterocycles. The zero-order valence-corrected chi connectivity index (χ0v) is 9.76. The fourth-order valence-electron chi connectivity index (χ4n) is 0.924. The summed E-state index contributed by atoms with van der Waals surface area (Å²) in [6.07, 6.45) is -2.25. The monoisotopic (exact) mass is 285 g/mol. The van der Waals surface area contributed by atoms with Crippen LogP contribution >= 0.6 is 0 Å². The summed E-state index contributed by atoms with van der Waals surface area (Å²) in [6, 6.07) is 3.02. The average Bonchev–Trinajstić information content (AvgIpc) is 2.13. The third-order valence-electron chi connectivity index (χ3n) is 1.46. The van der Waals surface area contributed by atoms with Crippen molar-refractivity contribution in [2.24, 2.45) is 0 Å². The van der Waals surface area contributed by atoms with Gasteiger partial charge in [0.05, 0.1) is 16.7 Å². The van der Waals surface area contributed by atoms with E-state index in [0.29, 0.717) is 6.26 Å². The van der Waals surface area contributed by atoms with Gasteiger partial charge in [0.2, 0.25) is 0 Å². The van der Waals surface area contributed by atoms with E-state index in [2.05, 4.69) is 0 Å². The number of hydrogen-bond donors (Lipinski definition) is 2. The zero-order valence-electron chi connectivity index (χ0n) is 8.95. The molecular formula is C8H9F2NO6S. The van der Waals surface area contributed by atoms with E-state index in [-0.39, 0.29) is 0 Å². The van der Waals surface area contributed by atoms with E-state index in [1.807, 2.05) is 0 Å². The minimum atomic E-state index is -3.67. The highest BCUT2D eigenvalue weighted by Gasteiger charge is 2.24. The Morgan fingerprint density at radius 3 is 2.11 bits per heavy atom. The fourth-order valence-corrected chi connectivity index (χ4v) is 0.924. The van der Waals surface area contributed by atoms with Gasteiger partial charge in [-0.3, -0.25) is 14.7 Å². The van der Waals surface area contributed by atoms with Crippen molar-refractivity contribution in [3.8, 4) is 5.75 Å². The lowest BCUT2D eigenvalue weighted by Crippen LogP contribution is -1.95. The van der Waals surface area contributed by atoms with Crippen LogP contribution < -0.4 is 0 Å². The lowest BCUT2D eigenvalue weighted by molar-refractivity contribution is -0.387. The molecule has 1 aromatic carbocycles. The second-order valence-corrected chi connectivity index (χ2v) is 4.47. The van der Waals surface area contributed by atoms with Gasteiger partial charge in [0.15, 0.2) is 5.75 Å². The first kappa shape index (κ1) is 16.2. The molecule has 0 bridgehead atoms. The van der Waals surface area contributed by atoms with Crippen LogP contribution in [0.4, 0.5) is 14.5 Å². The maximum Gasteiger partial charge on any atom is 0.319 e. The Bertz CT molecular complexity index is 522. The van der Waals surface area contributed by atoms with Gasteiger partial charge in [-0.15, -0.1) is 0 Å². The van der Waals surface area contributed by atoms with Crippen molar-refractivity contribution in [1.29, 1.82) is 0 Å². The van der Waals surface area contributed by atoms with Crippen LogP contribution in [0.15, 0.2) is 18.2 Å². The Kier molecular flexibility index (Phi) is 5.59. The normalized spacial score (nSPS) is 10.7. The second kappa shape index (κ2) is 6.21. The summed E-state index contributed by atoms with van der Waals surface area (Å²) in [5, 5.41) is 19.2. The summed E-state index contributed by atoms with van der Waals surface area (Å²) in [4.78, 5) is 9.23. The molecule has 1 aromatic rings. The minimum Gasteiger partial charge on any atom is -0.502 e. The minimum absolute atomic E-state index is 0.715. The molecule has 0 aliphatic carbocycles. The summed E-state index contributed by atoms with van der Waals surface area (Å²) in [5.41, 5.74) is -1.71. The molecule has 18 heavy (non-hydrogen) atoms. The van der Waals surface area contributed by atoms with Crippen LogP contribution in [0.2, 0.25) is 0 Å². The van der Waals surface area contributed by atoms with Crippen molar-refractivity contribution in [3.63, 3.8) is 0 Å². The molecule has 0 radical (unpaired) electrons. The molecule has 0 unspecified atom stereocenters. The molecule has 0 fully saturated rings. The lowest BCUT2D eigenvalue weighted by atomic mass is 10.2. The predicted octanol–water partition coefficient (Wildman–Crippen LogP) is 1.74. The predicted molar refractivity (Wildman–Crippen MR) is 57.2 cm³/mol. The zero-order chi connectivity index (χ0) is 14.5. The average molecular weight is 285 g/mol. The van der Waals surface area contributed by atoms with Crippen molar-refractivity contribution >= 4 is 15.8 Å². The van der Waals surface area contributed by atoms with Gasteiger partial charge >= 0.3 is 5.69 Å². The van der Waals surface area contributed by atoms with Crippen LogP contribution in [0, 0.1) is 10.1 Å².